The maximum Gasteiger partial charge on any atom is 0.333 e. The van der Waals surface area contributed by atoms with E-state index in [-0.39, 0.29) is 6.04 Å². The fourth-order valence-corrected chi connectivity index (χ4v) is 2.78. The number of nitriles is 1. The predicted octanol–water partition coefficient (Wildman–Crippen LogP) is 2.26. The zero-order valence-electron chi connectivity index (χ0n) is 16.0. The molecule has 0 aliphatic heterocycles. The van der Waals surface area contributed by atoms with E-state index < -0.39 is 11.9 Å². The summed E-state index contributed by atoms with van der Waals surface area (Å²) in [5, 5.41) is 11.6. The van der Waals surface area contributed by atoms with E-state index in [9.17, 15) is 9.59 Å². The third-order valence-electron chi connectivity index (χ3n) is 4.14. The molecule has 0 heterocycles. The van der Waals surface area contributed by atoms with Crippen LogP contribution in [-0.4, -0.2) is 42.5 Å². The Morgan fingerprint density at radius 3 is 2.23 bits per heavy atom. The first-order valence-electron chi connectivity index (χ1n) is 8.99. The number of amides is 3. The molecule has 0 saturated carbocycles. The Bertz CT molecular complexity index is 618. The minimum atomic E-state index is -0.451. The molecular weight excluding hydrogens is 330 g/mol. The lowest BCUT2D eigenvalue weighted by Gasteiger charge is -2.31. The van der Waals surface area contributed by atoms with E-state index in [1.54, 1.807) is 12.1 Å². The molecule has 26 heavy (non-hydrogen) atoms. The zero-order chi connectivity index (χ0) is 19.5. The van der Waals surface area contributed by atoms with Crippen LogP contribution in [0.15, 0.2) is 24.3 Å². The molecule has 0 fully saturated rings. The van der Waals surface area contributed by atoms with Crippen molar-refractivity contribution in [3.63, 3.8) is 0 Å². The van der Waals surface area contributed by atoms with Gasteiger partial charge in [0.05, 0.1) is 11.6 Å². The van der Waals surface area contributed by atoms with Crippen molar-refractivity contribution in [2.45, 2.75) is 40.2 Å². The molecule has 7 nitrogen and oxygen atoms in total. The third-order valence-corrected chi connectivity index (χ3v) is 4.14. The SMILES string of the molecule is CCN(CC)C(CNC(=O)NNC(=O)c1ccc(C#N)cc1)CC(C)C. The first-order valence-corrected chi connectivity index (χ1v) is 8.99. The van der Waals surface area contributed by atoms with Gasteiger partial charge in [-0.25, -0.2) is 10.2 Å². The molecule has 0 spiro atoms. The number of urea groups is 1. The van der Waals surface area contributed by atoms with Gasteiger partial charge in [0.2, 0.25) is 0 Å². The molecule has 0 aliphatic carbocycles. The van der Waals surface area contributed by atoms with Crippen LogP contribution in [0.1, 0.15) is 50.0 Å². The number of hydrogen-bond acceptors (Lipinski definition) is 4. The number of rotatable bonds is 8. The molecule has 1 unspecified atom stereocenters. The zero-order valence-corrected chi connectivity index (χ0v) is 16.0. The van der Waals surface area contributed by atoms with Crippen LogP contribution in [0.2, 0.25) is 0 Å². The summed E-state index contributed by atoms with van der Waals surface area (Å²) in [5.74, 6) is 0.0914. The summed E-state index contributed by atoms with van der Waals surface area (Å²) in [6, 6.07) is 7.96. The van der Waals surface area contributed by atoms with Crippen molar-refractivity contribution in [2.24, 2.45) is 5.92 Å². The highest BCUT2D eigenvalue weighted by molar-refractivity contribution is 5.95. The molecule has 1 aromatic rings. The average molecular weight is 359 g/mol. The van der Waals surface area contributed by atoms with Gasteiger partial charge in [0.1, 0.15) is 0 Å². The fraction of sp³-hybridized carbons (Fsp3) is 0.526. The summed E-state index contributed by atoms with van der Waals surface area (Å²) in [7, 11) is 0. The highest BCUT2D eigenvalue weighted by Gasteiger charge is 2.18. The van der Waals surface area contributed by atoms with Crippen molar-refractivity contribution in [1.82, 2.24) is 21.1 Å². The van der Waals surface area contributed by atoms with Gasteiger partial charge in [0.25, 0.3) is 5.91 Å². The van der Waals surface area contributed by atoms with E-state index >= 15 is 0 Å². The average Bonchev–Trinajstić information content (AvgIpc) is 2.64. The first-order chi connectivity index (χ1) is 12.4. The minimum Gasteiger partial charge on any atom is -0.335 e. The van der Waals surface area contributed by atoms with E-state index in [0.717, 1.165) is 19.5 Å². The van der Waals surface area contributed by atoms with Gasteiger partial charge in [-0.15, -0.1) is 0 Å². The molecule has 142 valence electrons. The number of carbonyl (C=O) groups is 2. The normalized spacial score (nSPS) is 11.7. The van der Waals surface area contributed by atoms with Crippen LogP contribution in [0.4, 0.5) is 4.79 Å². The summed E-state index contributed by atoms with van der Waals surface area (Å²) in [5.41, 5.74) is 5.56. The quantitative estimate of drug-likeness (QED) is 0.620. The van der Waals surface area contributed by atoms with Gasteiger partial charge in [-0.3, -0.25) is 15.1 Å². The number of hydrazine groups is 1. The molecule has 0 saturated heterocycles. The van der Waals surface area contributed by atoms with E-state index in [4.69, 9.17) is 5.26 Å². The van der Waals surface area contributed by atoms with Crippen LogP contribution in [0.3, 0.4) is 0 Å². The second-order valence-corrected chi connectivity index (χ2v) is 6.48. The maximum atomic E-state index is 12.0. The van der Waals surface area contributed by atoms with Crippen LogP contribution in [0.5, 0.6) is 0 Å². The second-order valence-electron chi connectivity index (χ2n) is 6.48. The number of carbonyl (C=O) groups excluding carboxylic acids is 2. The van der Waals surface area contributed by atoms with Crippen LogP contribution in [0.25, 0.3) is 0 Å². The Labute approximate surface area is 155 Å². The van der Waals surface area contributed by atoms with E-state index in [1.807, 2.05) is 6.07 Å². The molecule has 0 aliphatic rings. The Morgan fingerprint density at radius 2 is 1.73 bits per heavy atom. The smallest absolute Gasteiger partial charge is 0.333 e. The monoisotopic (exact) mass is 359 g/mol. The van der Waals surface area contributed by atoms with E-state index in [1.165, 1.54) is 12.1 Å². The van der Waals surface area contributed by atoms with Gasteiger partial charge < -0.3 is 5.32 Å². The Morgan fingerprint density at radius 1 is 1.12 bits per heavy atom. The van der Waals surface area contributed by atoms with Crippen LogP contribution in [0, 0.1) is 17.2 Å². The highest BCUT2D eigenvalue weighted by atomic mass is 16.2. The van der Waals surface area contributed by atoms with Crippen LogP contribution in [-0.2, 0) is 0 Å². The Kier molecular flexibility index (Phi) is 9.17. The lowest BCUT2D eigenvalue weighted by atomic mass is 10.0. The summed E-state index contributed by atoms with van der Waals surface area (Å²) in [4.78, 5) is 26.3. The third kappa shape index (κ3) is 7.11. The molecule has 7 heteroatoms. The summed E-state index contributed by atoms with van der Waals surface area (Å²) in [6.45, 7) is 10.9. The fourth-order valence-electron chi connectivity index (χ4n) is 2.78. The number of hydrogen-bond donors (Lipinski definition) is 3. The lowest BCUT2D eigenvalue weighted by Crippen LogP contribution is -2.51. The maximum absolute atomic E-state index is 12.0. The summed E-state index contributed by atoms with van der Waals surface area (Å²) >= 11 is 0. The Balaban J connectivity index is 2.48. The Hall–Kier alpha value is -2.59. The summed E-state index contributed by atoms with van der Waals surface area (Å²) < 4.78 is 0. The van der Waals surface area contributed by atoms with E-state index in [0.29, 0.717) is 23.6 Å². The molecule has 0 aromatic heterocycles. The van der Waals surface area contributed by atoms with E-state index in [2.05, 4.69) is 48.8 Å². The van der Waals surface area contributed by atoms with Gasteiger partial charge in [-0.1, -0.05) is 27.7 Å². The topological polar surface area (TPSA) is 97.3 Å². The lowest BCUT2D eigenvalue weighted by molar-refractivity contribution is 0.0935. The second kappa shape index (κ2) is 11.1. The molecule has 0 radical (unpaired) electrons. The molecule has 1 rings (SSSR count). The van der Waals surface area contributed by atoms with Crippen molar-refractivity contribution in [1.29, 1.82) is 5.26 Å². The molecule has 1 aromatic carbocycles. The molecule has 3 amide bonds. The predicted molar refractivity (Wildman–Crippen MR) is 101 cm³/mol. The van der Waals surface area contributed by atoms with Crippen LogP contribution >= 0.6 is 0 Å². The number of benzene rings is 1. The highest BCUT2D eigenvalue weighted by Crippen LogP contribution is 2.10. The number of likely N-dealkylation sites (N-methyl/N-ethyl adjacent to an activating group) is 1. The van der Waals surface area contributed by atoms with Crippen molar-refractivity contribution in [3.05, 3.63) is 35.4 Å². The largest absolute Gasteiger partial charge is 0.335 e. The van der Waals surface area contributed by atoms with Crippen molar-refractivity contribution < 1.29 is 9.59 Å². The van der Waals surface area contributed by atoms with Gasteiger partial charge in [0, 0.05) is 18.2 Å². The minimum absolute atomic E-state index is 0.255. The summed E-state index contributed by atoms with van der Waals surface area (Å²) in [6.07, 6.45) is 0.986. The molecule has 0 bridgehead atoms. The van der Waals surface area contributed by atoms with Gasteiger partial charge >= 0.3 is 6.03 Å². The van der Waals surface area contributed by atoms with Crippen molar-refractivity contribution in [2.75, 3.05) is 19.6 Å². The van der Waals surface area contributed by atoms with Gasteiger partial charge in [-0.05, 0) is 49.7 Å². The van der Waals surface area contributed by atoms with Crippen LogP contribution < -0.4 is 16.2 Å². The molecule has 3 N–H and O–H groups in total. The first kappa shape index (κ1) is 21.5. The van der Waals surface area contributed by atoms with Gasteiger partial charge in [-0.2, -0.15) is 5.26 Å². The van der Waals surface area contributed by atoms with Gasteiger partial charge in [0.15, 0.2) is 0 Å². The molecule has 1 atom stereocenters. The van der Waals surface area contributed by atoms with Crippen molar-refractivity contribution >= 4 is 11.9 Å². The molecular formula is C19H29N5O2. The van der Waals surface area contributed by atoms with Crippen molar-refractivity contribution in [3.8, 4) is 6.07 Å². The number of nitrogens with one attached hydrogen (secondary N) is 3. The number of nitrogens with zero attached hydrogens (tertiary/aromatic N) is 2. The standard InChI is InChI=1S/C19H29N5O2/c1-5-24(6-2)17(11-14(3)4)13-21-19(26)23-22-18(25)16-9-7-15(12-20)8-10-16/h7-10,14,17H,5-6,11,13H2,1-4H3,(H,22,25)(H2,21,23,26).